The number of aryl methyl sites for hydroxylation is 2. The fourth-order valence-electron chi connectivity index (χ4n) is 2.09. The molecule has 29 heavy (non-hydrogen) atoms. The molecule has 0 saturated heterocycles. The molecule has 0 fully saturated rings. The molecule has 170 valence electrons. The largest absolute Gasteiger partial charge is 0.389 e. The molecular weight excluding hydrogens is 394 g/mol. The van der Waals surface area contributed by atoms with E-state index in [4.69, 9.17) is 0 Å². The van der Waals surface area contributed by atoms with Gasteiger partial charge in [-0.15, -0.1) is 0 Å². The lowest BCUT2D eigenvalue weighted by Gasteiger charge is -2.10. The summed E-state index contributed by atoms with van der Waals surface area (Å²) in [5.74, 6) is -0.483. The third kappa shape index (κ3) is 15.0. The van der Waals surface area contributed by atoms with Gasteiger partial charge in [0.2, 0.25) is 0 Å². The van der Waals surface area contributed by atoms with Crippen molar-refractivity contribution in [2.45, 2.75) is 91.9 Å². The number of carbonyl (C=O) groups excluding carboxylic acids is 1. The minimum Gasteiger partial charge on any atom is -0.294 e. The Morgan fingerprint density at radius 1 is 1.00 bits per heavy atom. The number of Topliss-reactive ketones (excluding diaryl/α,β-unsaturated/α-hetero) is 1. The summed E-state index contributed by atoms with van der Waals surface area (Å²) in [6.45, 7) is 9.27. The lowest BCUT2D eigenvalue weighted by Crippen LogP contribution is -2.18. The molecule has 1 rings (SSSR count). The molecule has 1 nitrogen and oxygen atoms in total. The highest BCUT2D eigenvalue weighted by atomic mass is 19.4. The molecule has 0 aliphatic rings. The highest BCUT2D eigenvalue weighted by Gasteiger charge is 2.25. The molecule has 0 saturated carbocycles. The Bertz CT molecular complexity index is 564. The third-order valence-electron chi connectivity index (χ3n) is 4.02. The van der Waals surface area contributed by atoms with Crippen LogP contribution in [0.15, 0.2) is 12.1 Å². The van der Waals surface area contributed by atoms with E-state index in [2.05, 4.69) is 0 Å². The highest BCUT2D eigenvalue weighted by Crippen LogP contribution is 2.21. The van der Waals surface area contributed by atoms with E-state index in [0.29, 0.717) is 12.8 Å². The van der Waals surface area contributed by atoms with Gasteiger partial charge in [-0.3, -0.25) is 4.79 Å². The van der Waals surface area contributed by atoms with E-state index >= 15 is 0 Å². The quantitative estimate of drug-likeness (QED) is 0.316. The van der Waals surface area contributed by atoms with Crippen molar-refractivity contribution in [3.8, 4) is 0 Å². The van der Waals surface area contributed by atoms with Crippen LogP contribution in [0.2, 0.25) is 0 Å². The molecular formula is C22H34F6O. The number of alkyl halides is 5. The zero-order valence-electron chi connectivity index (χ0n) is 18.3. The average Bonchev–Trinajstić information content (AvgIpc) is 2.60. The van der Waals surface area contributed by atoms with Gasteiger partial charge in [0.05, 0.1) is 5.56 Å². The molecule has 0 bridgehead atoms. The van der Waals surface area contributed by atoms with Gasteiger partial charge in [-0.05, 0) is 57.2 Å². The van der Waals surface area contributed by atoms with E-state index in [1.807, 2.05) is 19.9 Å². The van der Waals surface area contributed by atoms with Crippen LogP contribution in [-0.4, -0.2) is 24.3 Å². The molecule has 1 atom stereocenters. The number of hydrogen-bond acceptors (Lipinski definition) is 1. The summed E-state index contributed by atoms with van der Waals surface area (Å²) in [7, 11) is 0. The van der Waals surface area contributed by atoms with Crippen molar-refractivity contribution >= 4 is 5.78 Å². The molecule has 0 aliphatic heterocycles. The summed E-state index contributed by atoms with van der Waals surface area (Å²) >= 11 is 0. The molecule has 0 amide bonds. The monoisotopic (exact) mass is 428 g/mol. The van der Waals surface area contributed by atoms with E-state index in [1.165, 1.54) is 13.0 Å². The molecule has 1 aromatic rings. The van der Waals surface area contributed by atoms with Crippen molar-refractivity contribution in [1.82, 2.24) is 0 Å². The molecule has 0 heterocycles. The smallest absolute Gasteiger partial charge is 0.294 e. The summed E-state index contributed by atoms with van der Waals surface area (Å²) in [4.78, 5) is 11.6. The molecule has 7 heteroatoms. The average molecular weight is 429 g/mol. The summed E-state index contributed by atoms with van der Waals surface area (Å²) in [6, 6.07) is 3.25. The van der Waals surface area contributed by atoms with E-state index < -0.39 is 24.9 Å². The van der Waals surface area contributed by atoms with Crippen molar-refractivity contribution in [3.05, 3.63) is 34.6 Å². The second-order valence-corrected chi connectivity index (χ2v) is 7.23. The second-order valence-electron chi connectivity index (χ2n) is 7.23. The van der Waals surface area contributed by atoms with Crippen LogP contribution >= 0.6 is 0 Å². The summed E-state index contributed by atoms with van der Waals surface area (Å²) < 4.78 is 70.8. The minimum absolute atomic E-state index is 0.0949. The van der Waals surface area contributed by atoms with Crippen LogP contribution in [0.25, 0.3) is 0 Å². The van der Waals surface area contributed by atoms with Gasteiger partial charge in [-0.25, -0.2) is 13.2 Å². The number of ketones is 1. The summed E-state index contributed by atoms with van der Waals surface area (Å²) in [6.07, 6.45) is -2.29. The maximum atomic E-state index is 13.5. The first kappa shape index (κ1) is 29.7. The molecule has 1 aromatic carbocycles. The SMILES string of the molecule is CCC(C)(F)CF.CCCC(=O)c1c(C)cc(C)cc1F.CCCCC(F)(F)F. The van der Waals surface area contributed by atoms with Gasteiger partial charge in [0, 0.05) is 12.8 Å². The first-order valence-electron chi connectivity index (χ1n) is 9.86. The number of unbranched alkanes of at least 4 members (excludes halogenated alkanes) is 1. The normalized spacial score (nSPS) is 12.8. The van der Waals surface area contributed by atoms with Gasteiger partial charge in [0.25, 0.3) is 0 Å². The third-order valence-corrected chi connectivity index (χ3v) is 4.02. The number of hydrogen-bond donors (Lipinski definition) is 0. The van der Waals surface area contributed by atoms with Gasteiger partial charge in [-0.1, -0.05) is 33.3 Å². The topological polar surface area (TPSA) is 17.1 Å². The van der Waals surface area contributed by atoms with Crippen LogP contribution in [0.3, 0.4) is 0 Å². The standard InChI is InChI=1S/C12H15FO.C5H9F3.C5H10F2/c1-4-5-11(14)12-9(3)6-8(2)7-10(12)13;1-2-3-4-5(6,7)8;1-3-5(2,7)4-6/h6-7H,4-5H2,1-3H3;2-4H2,1H3;3-4H2,1-2H3. The van der Waals surface area contributed by atoms with Gasteiger partial charge in [0.15, 0.2) is 5.78 Å². The Morgan fingerprint density at radius 3 is 1.83 bits per heavy atom. The number of halogens is 6. The summed E-state index contributed by atoms with van der Waals surface area (Å²) in [5, 5.41) is 0. The Morgan fingerprint density at radius 2 is 1.55 bits per heavy atom. The van der Waals surface area contributed by atoms with Gasteiger partial charge < -0.3 is 0 Å². The molecule has 0 radical (unpaired) electrons. The maximum Gasteiger partial charge on any atom is 0.389 e. The molecule has 0 aliphatic carbocycles. The van der Waals surface area contributed by atoms with Crippen LogP contribution in [0.1, 0.15) is 87.7 Å². The first-order valence-corrected chi connectivity index (χ1v) is 9.86. The van der Waals surface area contributed by atoms with Crippen LogP contribution in [0.5, 0.6) is 0 Å². The van der Waals surface area contributed by atoms with Crippen LogP contribution in [-0.2, 0) is 0 Å². The Kier molecular flexibility index (Phi) is 14.8. The molecule has 1 unspecified atom stereocenters. The zero-order valence-corrected chi connectivity index (χ0v) is 18.3. The van der Waals surface area contributed by atoms with Crippen LogP contribution in [0.4, 0.5) is 26.3 Å². The molecule has 0 aromatic heterocycles. The van der Waals surface area contributed by atoms with Crippen molar-refractivity contribution in [3.63, 3.8) is 0 Å². The fourth-order valence-corrected chi connectivity index (χ4v) is 2.09. The highest BCUT2D eigenvalue weighted by molar-refractivity contribution is 5.97. The van der Waals surface area contributed by atoms with E-state index in [0.717, 1.165) is 17.5 Å². The lowest BCUT2D eigenvalue weighted by atomic mass is 9.99. The number of benzene rings is 1. The zero-order chi connectivity index (χ0) is 23.3. The van der Waals surface area contributed by atoms with Gasteiger partial charge in [-0.2, -0.15) is 13.2 Å². The van der Waals surface area contributed by atoms with E-state index in [1.54, 1.807) is 20.8 Å². The predicted octanol–water partition coefficient (Wildman–Crippen LogP) is 8.26. The Labute approximate surface area is 170 Å². The van der Waals surface area contributed by atoms with Crippen molar-refractivity contribution in [2.24, 2.45) is 0 Å². The molecule has 0 spiro atoms. The number of carbonyl (C=O) groups is 1. The van der Waals surface area contributed by atoms with E-state index in [-0.39, 0.29) is 30.0 Å². The fraction of sp³-hybridized carbons (Fsp3) is 0.682. The van der Waals surface area contributed by atoms with Crippen molar-refractivity contribution in [2.75, 3.05) is 6.67 Å². The van der Waals surface area contributed by atoms with Crippen LogP contribution < -0.4 is 0 Å². The Hall–Kier alpha value is -1.53. The Balaban J connectivity index is 0. The summed E-state index contributed by atoms with van der Waals surface area (Å²) in [5.41, 5.74) is 0.270. The molecule has 0 N–H and O–H groups in total. The second kappa shape index (κ2) is 14.5. The van der Waals surface area contributed by atoms with Crippen molar-refractivity contribution < 1.29 is 31.1 Å². The first-order chi connectivity index (χ1) is 13.2. The lowest BCUT2D eigenvalue weighted by molar-refractivity contribution is -0.135. The number of rotatable bonds is 7. The minimum atomic E-state index is -3.95. The van der Waals surface area contributed by atoms with E-state index in [9.17, 15) is 31.1 Å². The van der Waals surface area contributed by atoms with Crippen molar-refractivity contribution in [1.29, 1.82) is 0 Å². The maximum absolute atomic E-state index is 13.5. The van der Waals surface area contributed by atoms with Gasteiger partial charge in [0.1, 0.15) is 18.2 Å². The predicted molar refractivity (Wildman–Crippen MR) is 106 cm³/mol. The van der Waals surface area contributed by atoms with Gasteiger partial charge >= 0.3 is 6.18 Å². The van der Waals surface area contributed by atoms with Crippen LogP contribution in [0, 0.1) is 19.7 Å².